The van der Waals surface area contributed by atoms with E-state index >= 15 is 0 Å². The van der Waals surface area contributed by atoms with Gasteiger partial charge in [0.05, 0.1) is 18.1 Å². The molecule has 128 valence electrons. The fraction of sp³-hybridized carbons (Fsp3) is 0.353. The summed E-state index contributed by atoms with van der Waals surface area (Å²) in [4.78, 5) is 30.7. The van der Waals surface area contributed by atoms with Crippen molar-refractivity contribution >= 4 is 23.4 Å². The lowest BCUT2D eigenvalue weighted by Crippen LogP contribution is -2.17. The molecule has 1 amide bonds. The molecule has 0 saturated heterocycles. The number of nitrogens with zero attached hydrogens (tertiary/aromatic N) is 1. The molecule has 2 N–H and O–H groups in total. The molecule has 6 nitrogen and oxygen atoms in total. The molecular formula is C17H21N3O3S. The van der Waals surface area contributed by atoms with Gasteiger partial charge in [-0.1, -0.05) is 36.9 Å². The number of rotatable bonds is 7. The number of benzene rings is 1. The Bertz CT molecular complexity index is 774. The lowest BCUT2D eigenvalue weighted by atomic mass is 10.1. The second-order valence-electron chi connectivity index (χ2n) is 5.27. The Morgan fingerprint density at radius 2 is 2.21 bits per heavy atom. The number of methoxy groups -OCH3 is 1. The molecule has 0 unspecified atom stereocenters. The molecule has 1 aromatic heterocycles. The minimum atomic E-state index is -0.257. The van der Waals surface area contributed by atoms with Crippen molar-refractivity contribution in [2.45, 2.75) is 32.0 Å². The Morgan fingerprint density at radius 3 is 2.92 bits per heavy atom. The molecule has 1 aromatic carbocycles. The monoisotopic (exact) mass is 347 g/mol. The minimum absolute atomic E-state index is 0.135. The number of hydrogen-bond donors (Lipinski definition) is 2. The predicted octanol–water partition coefficient (Wildman–Crippen LogP) is 2.52. The molecule has 7 heteroatoms. The number of H-pyrrole nitrogens is 1. The zero-order valence-electron chi connectivity index (χ0n) is 14.0. The van der Waals surface area contributed by atoms with Crippen LogP contribution in [-0.4, -0.2) is 28.7 Å². The van der Waals surface area contributed by atoms with Crippen LogP contribution in [0.4, 0.5) is 5.69 Å². The summed E-state index contributed by atoms with van der Waals surface area (Å²) < 4.78 is 4.98. The summed E-state index contributed by atoms with van der Waals surface area (Å²) >= 11 is 1.19. The Hall–Kier alpha value is -2.12. The molecule has 0 radical (unpaired) electrons. The largest absolute Gasteiger partial charge is 0.378 e. The number of thioether (sulfide) groups is 1. The molecule has 24 heavy (non-hydrogen) atoms. The number of para-hydroxylation sites is 1. The Balaban J connectivity index is 2.03. The van der Waals surface area contributed by atoms with Gasteiger partial charge >= 0.3 is 0 Å². The number of carbonyl (C=O) groups excluding carboxylic acids is 1. The molecule has 0 atom stereocenters. The van der Waals surface area contributed by atoms with Crippen LogP contribution < -0.4 is 10.9 Å². The van der Waals surface area contributed by atoms with E-state index in [4.69, 9.17) is 4.74 Å². The van der Waals surface area contributed by atoms with Crippen LogP contribution >= 0.6 is 11.8 Å². The zero-order valence-corrected chi connectivity index (χ0v) is 14.8. The third kappa shape index (κ3) is 4.94. The van der Waals surface area contributed by atoms with E-state index < -0.39 is 0 Å². The van der Waals surface area contributed by atoms with Crippen LogP contribution in [0.25, 0.3) is 0 Å². The molecule has 0 aliphatic rings. The van der Waals surface area contributed by atoms with E-state index in [0.717, 1.165) is 23.2 Å². The standard InChI is InChI=1S/C17H21N3O3S/c1-4-12-7-5-6-11(2)16(12)19-15(22)10-24-17-18-13(9-23-3)8-14(21)20-17/h5-8H,4,9-10H2,1-3H3,(H,19,22)(H,18,20,21). The molecule has 2 aromatic rings. The van der Waals surface area contributed by atoms with Crippen LogP contribution in [0.2, 0.25) is 0 Å². The smallest absolute Gasteiger partial charge is 0.251 e. The van der Waals surface area contributed by atoms with Gasteiger partial charge in [-0.2, -0.15) is 0 Å². The highest BCUT2D eigenvalue weighted by Gasteiger charge is 2.10. The number of amides is 1. The Kier molecular flexibility index (Phi) is 6.57. The Morgan fingerprint density at radius 1 is 1.42 bits per heavy atom. The number of ether oxygens (including phenoxy) is 1. The van der Waals surface area contributed by atoms with Gasteiger partial charge in [-0.3, -0.25) is 9.59 Å². The van der Waals surface area contributed by atoms with Gasteiger partial charge in [0.1, 0.15) is 0 Å². The van der Waals surface area contributed by atoms with Crippen LogP contribution in [0, 0.1) is 6.92 Å². The van der Waals surface area contributed by atoms with Crippen LogP contribution in [0.3, 0.4) is 0 Å². The molecular weight excluding hydrogens is 326 g/mol. The van der Waals surface area contributed by atoms with Crippen molar-refractivity contribution in [2.75, 3.05) is 18.2 Å². The number of aromatic amines is 1. The predicted molar refractivity (Wildman–Crippen MR) is 95.5 cm³/mol. The fourth-order valence-corrected chi connectivity index (χ4v) is 2.98. The zero-order chi connectivity index (χ0) is 17.5. The van der Waals surface area contributed by atoms with Gasteiger partial charge in [0.2, 0.25) is 5.91 Å². The van der Waals surface area contributed by atoms with Gasteiger partial charge in [0, 0.05) is 18.9 Å². The average Bonchev–Trinajstić information content (AvgIpc) is 2.54. The number of aryl methyl sites for hydroxylation is 2. The summed E-state index contributed by atoms with van der Waals surface area (Å²) in [7, 11) is 1.54. The molecule has 1 heterocycles. The highest BCUT2D eigenvalue weighted by atomic mass is 32.2. The van der Waals surface area contributed by atoms with Crippen molar-refractivity contribution in [3.63, 3.8) is 0 Å². The van der Waals surface area contributed by atoms with E-state index in [9.17, 15) is 9.59 Å². The highest BCUT2D eigenvalue weighted by molar-refractivity contribution is 7.99. The number of hydrogen-bond acceptors (Lipinski definition) is 5. The van der Waals surface area contributed by atoms with Crippen LogP contribution in [0.15, 0.2) is 34.2 Å². The maximum absolute atomic E-state index is 12.2. The summed E-state index contributed by atoms with van der Waals surface area (Å²) in [5.41, 5.74) is 3.27. The third-order valence-corrected chi connectivity index (χ3v) is 4.28. The maximum Gasteiger partial charge on any atom is 0.251 e. The average molecular weight is 347 g/mol. The van der Waals surface area contributed by atoms with Crippen molar-refractivity contribution in [3.8, 4) is 0 Å². The van der Waals surface area contributed by atoms with Crippen molar-refractivity contribution < 1.29 is 9.53 Å². The SMILES string of the molecule is CCc1cccc(C)c1NC(=O)CSc1nc(COC)cc(=O)[nH]1. The van der Waals surface area contributed by atoms with Crippen molar-refractivity contribution in [1.29, 1.82) is 0 Å². The van der Waals surface area contributed by atoms with Crippen molar-refractivity contribution in [3.05, 3.63) is 51.4 Å². The van der Waals surface area contributed by atoms with Gasteiger partial charge in [-0.05, 0) is 24.5 Å². The van der Waals surface area contributed by atoms with E-state index in [-0.39, 0.29) is 23.8 Å². The molecule has 0 aliphatic carbocycles. The second kappa shape index (κ2) is 8.65. The van der Waals surface area contributed by atoms with Crippen LogP contribution in [0.1, 0.15) is 23.7 Å². The number of aromatic nitrogens is 2. The Labute approximate surface area is 145 Å². The normalized spacial score (nSPS) is 10.6. The van der Waals surface area contributed by atoms with Crippen LogP contribution in [-0.2, 0) is 22.6 Å². The lowest BCUT2D eigenvalue weighted by molar-refractivity contribution is -0.113. The van der Waals surface area contributed by atoms with Crippen LogP contribution in [0.5, 0.6) is 0 Å². The quantitative estimate of drug-likeness (QED) is 0.594. The molecule has 0 aliphatic heterocycles. The van der Waals surface area contributed by atoms with E-state index in [1.165, 1.54) is 24.9 Å². The maximum atomic E-state index is 12.2. The number of nitrogens with one attached hydrogen (secondary N) is 2. The second-order valence-corrected chi connectivity index (χ2v) is 6.24. The molecule has 0 fully saturated rings. The van der Waals surface area contributed by atoms with Gasteiger partial charge in [0.15, 0.2) is 5.16 Å². The van der Waals surface area contributed by atoms with Gasteiger partial charge in [-0.25, -0.2) is 4.98 Å². The van der Waals surface area contributed by atoms with Crippen molar-refractivity contribution in [2.24, 2.45) is 0 Å². The topological polar surface area (TPSA) is 84.1 Å². The van der Waals surface area contributed by atoms with Gasteiger partial charge < -0.3 is 15.0 Å². The van der Waals surface area contributed by atoms with Crippen molar-refractivity contribution in [1.82, 2.24) is 9.97 Å². The molecule has 0 saturated carbocycles. The van der Waals surface area contributed by atoms with Gasteiger partial charge in [-0.15, -0.1) is 0 Å². The first kappa shape index (κ1) is 18.2. The summed E-state index contributed by atoms with van der Waals surface area (Å²) in [6.45, 7) is 4.27. The summed E-state index contributed by atoms with van der Waals surface area (Å²) in [5, 5.41) is 3.36. The van der Waals surface area contributed by atoms with E-state index in [0.29, 0.717) is 10.9 Å². The third-order valence-electron chi connectivity index (χ3n) is 3.41. The molecule has 2 rings (SSSR count). The number of anilines is 1. The molecule has 0 bridgehead atoms. The molecule has 0 spiro atoms. The highest BCUT2D eigenvalue weighted by Crippen LogP contribution is 2.21. The lowest BCUT2D eigenvalue weighted by Gasteiger charge is -2.12. The van der Waals surface area contributed by atoms with E-state index in [2.05, 4.69) is 22.2 Å². The first-order valence-corrected chi connectivity index (χ1v) is 8.62. The van der Waals surface area contributed by atoms with E-state index in [1.54, 1.807) is 0 Å². The summed E-state index contributed by atoms with van der Waals surface area (Å²) in [5.74, 6) is 0.0282. The first-order chi connectivity index (χ1) is 11.5. The number of carbonyl (C=O) groups is 1. The van der Waals surface area contributed by atoms with E-state index in [1.807, 2.05) is 25.1 Å². The first-order valence-electron chi connectivity index (χ1n) is 7.63. The minimum Gasteiger partial charge on any atom is -0.378 e. The summed E-state index contributed by atoms with van der Waals surface area (Å²) in [6.07, 6.45) is 0.846. The fourth-order valence-electron chi connectivity index (χ4n) is 2.29. The summed E-state index contributed by atoms with van der Waals surface area (Å²) in [6, 6.07) is 7.33. The van der Waals surface area contributed by atoms with Gasteiger partial charge in [0.25, 0.3) is 5.56 Å².